The van der Waals surface area contributed by atoms with Gasteiger partial charge in [-0.1, -0.05) is 27.7 Å². The molecule has 2 aliphatic rings. The zero-order valence-corrected chi connectivity index (χ0v) is 11.8. The predicted octanol–water partition coefficient (Wildman–Crippen LogP) is 3.59. The van der Waals surface area contributed by atoms with Gasteiger partial charge in [0, 0.05) is 18.5 Å². The molecule has 2 bridgehead atoms. The van der Waals surface area contributed by atoms with Crippen molar-refractivity contribution in [1.82, 2.24) is 5.32 Å². The number of nitrogens with one attached hydrogen (secondary N) is 1. The van der Waals surface area contributed by atoms with E-state index >= 15 is 0 Å². The predicted molar refractivity (Wildman–Crippen MR) is 73.7 cm³/mol. The molecule has 0 aromatic rings. The quantitative estimate of drug-likeness (QED) is 0.732. The van der Waals surface area contributed by atoms with Crippen LogP contribution in [0.25, 0.3) is 0 Å². The van der Waals surface area contributed by atoms with Crippen molar-refractivity contribution in [2.75, 3.05) is 0 Å². The molecule has 1 heteroatoms. The lowest BCUT2D eigenvalue weighted by Gasteiger charge is -2.45. The highest BCUT2D eigenvalue weighted by atomic mass is 15.0. The molecule has 0 heterocycles. The Kier molecular flexibility index (Phi) is 3.29. The molecule has 17 heavy (non-hydrogen) atoms. The third kappa shape index (κ3) is 2.02. The molecule has 2 saturated carbocycles. The number of terminal acetylenes is 1. The van der Waals surface area contributed by atoms with Crippen molar-refractivity contribution < 1.29 is 0 Å². The fourth-order valence-corrected chi connectivity index (χ4v) is 4.42. The van der Waals surface area contributed by atoms with Crippen molar-refractivity contribution in [3.63, 3.8) is 0 Å². The second kappa shape index (κ2) is 4.32. The van der Waals surface area contributed by atoms with Crippen LogP contribution in [0, 0.1) is 29.1 Å². The maximum absolute atomic E-state index is 5.47. The number of fused-ring (bicyclic) bond motifs is 2. The minimum atomic E-state index is 0.440. The van der Waals surface area contributed by atoms with Crippen LogP contribution in [-0.4, -0.2) is 12.1 Å². The lowest BCUT2D eigenvalue weighted by Crippen LogP contribution is -2.53. The summed E-state index contributed by atoms with van der Waals surface area (Å²) < 4.78 is 0. The van der Waals surface area contributed by atoms with E-state index < -0.39 is 0 Å². The first-order valence-electron chi connectivity index (χ1n) is 7.13. The first-order chi connectivity index (χ1) is 7.94. The first kappa shape index (κ1) is 13.0. The zero-order chi connectivity index (χ0) is 12.7. The van der Waals surface area contributed by atoms with Gasteiger partial charge in [-0.15, -0.1) is 12.3 Å². The smallest absolute Gasteiger partial charge is 0.0240 e. The molecular formula is C16H27N. The van der Waals surface area contributed by atoms with Crippen molar-refractivity contribution >= 4 is 0 Å². The van der Waals surface area contributed by atoms with Crippen LogP contribution in [0.1, 0.15) is 59.8 Å². The van der Waals surface area contributed by atoms with Crippen molar-refractivity contribution in [2.24, 2.45) is 16.7 Å². The van der Waals surface area contributed by atoms with Crippen LogP contribution in [0.5, 0.6) is 0 Å². The molecule has 0 aromatic carbocycles. The Morgan fingerprint density at radius 1 is 1.41 bits per heavy atom. The molecule has 2 fully saturated rings. The molecule has 2 rings (SSSR count). The van der Waals surface area contributed by atoms with Gasteiger partial charge >= 0.3 is 0 Å². The molecule has 0 spiro atoms. The van der Waals surface area contributed by atoms with Crippen molar-refractivity contribution in [3.8, 4) is 12.3 Å². The summed E-state index contributed by atoms with van der Waals surface area (Å²) in [5.74, 6) is 3.72. The lowest BCUT2D eigenvalue weighted by atomic mass is 9.68. The summed E-state index contributed by atoms with van der Waals surface area (Å²) in [5.41, 5.74) is 0.950. The van der Waals surface area contributed by atoms with Gasteiger partial charge in [0.1, 0.15) is 0 Å². The van der Waals surface area contributed by atoms with Gasteiger partial charge in [0.05, 0.1) is 0 Å². The molecule has 4 unspecified atom stereocenters. The maximum Gasteiger partial charge on any atom is 0.0240 e. The number of hydrogen-bond acceptors (Lipinski definition) is 1. The van der Waals surface area contributed by atoms with E-state index in [1.54, 1.807) is 0 Å². The summed E-state index contributed by atoms with van der Waals surface area (Å²) in [6, 6.07) is 1.15. The van der Waals surface area contributed by atoms with E-state index in [-0.39, 0.29) is 0 Å². The summed E-state index contributed by atoms with van der Waals surface area (Å²) in [6.45, 7) is 9.60. The fourth-order valence-electron chi connectivity index (χ4n) is 4.42. The minimum absolute atomic E-state index is 0.440. The van der Waals surface area contributed by atoms with Crippen molar-refractivity contribution in [1.29, 1.82) is 0 Å². The van der Waals surface area contributed by atoms with E-state index in [1.807, 2.05) is 0 Å². The third-order valence-electron chi connectivity index (χ3n) is 5.53. The average Bonchev–Trinajstić information content (AvgIpc) is 2.74. The van der Waals surface area contributed by atoms with Crippen LogP contribution >= 0.6 is 0 Å². The van der Waals surface area contributed by atoms with E-state index in [1.165, 1.54) is 19.3 Å². The summed E-state index contributed by atoms with van der Waals surface area (Å²) in [5, 5.41) is 3.89. The monoisotopic (exact) mass is 233 g/mol. The Labute approximate surface area is 107 Å². The summed E-state index contributed by atoms with van der Waals surface area (Å²) in [6.07, 6.45) is 11.7. The standard InChI is InChI=1S/C16H27N/c1-6-8-13(7-2)17-14-15(3,4)12-9-10-16(14,5)11-12/h1,12-14,17H,7-11H2,2-5H3. The SMILES string of the molecule is C#CCC(CC)NC1C2(C)CCC(C2)C1(C)C. The molecule has 96 valence electrons. The number of rotatable bonds is 4. The highest BCUT2D eigenvalue weighted by molar-refractivity contribution is 5.12. The van der Waals surface area contributed by atoms with Crippen molar-refractivity contribution in [2.45, 2.75) is 71.9 Å². The topological polar surface area (TPSA) is 12.0 Å². The van der Waals surface area contributed by atoms with Gasteiger partial charge in [-0.2, -0.15) is 0 Å². The normalized spacial score (nSPS) is 40.2. The second-order valence-corrected chi connectivity index (χ2v) is 7.03. The molecular weight excluding hydrogens is 206 g/mol. The Morgan fingerprint density at radius 2 is 2.12 bits per heavy atom. The second-order valence-electron chi connectivity index (χ2n) is 7.03. The zero-order valence-electron chi connectivity index (χ0n) is 11.8. The van der Waals surface area contributed by atoms with Crippen LogP contribution in [0.15, 0.2) is 0 Å². The van der Waals surface area contributed by atoms with Crippen LogP contribution in [-0.2, 0) is 0 Å². The molecule has 2 aliphatic carbocycles. The molecule has 1 N–H and O–H groups in total. The van der Waals surface area contributed by atoms with Crippen LogP contribution in [0.2, 0.25) is 0 Å². The highest BCUT2D eigenvalue weighted by Crippen LogP contribution is 2.62. The molecule has 0 saturated heterocycles. The van der Waals surface area contributed by atoms with E-state index in [0.29, 0.717) is 22.9 Å². The largest absolute Gasteiger partial charge is 0.309 e. The molecule has 0 radical (unpaired) electrons. The summed E-state index contributed by atoms with van der Waals surface area (Å²) in [7, 11) is 0. The Morgan fingerprint density at radius 3 is 2.59 bits per heavy atom. The Bertz CT molecular complexity index is 320. The van der Waals surface area contributed by atoms with E-state index in [9.17, 15) is 0 Å². The lowest BCUT2D eigenvalue weighted by molar-refractivity contribution is 0.0981. The van der Waals surface area contributed by atoms with Gasteiger partial charge in [0.2, 0.25) is 0 Å². The van der Waals surface area contributed by atoms with Crippen LogP contribution < -0.4 is 5.32 Å². The van der Waals surface area contributed by atoms with Gasteiger partial charge in [-0.3, -0.25) is 0 Å². The Hall–Kier alpha value is -0.480. The fraction of sp³-hybridized carbons (Fsp3) is 0.875. The third-order valence-corrected chi connectivity index (χ3v) is 5.53. The summed E-state index contributed by atoms with van der Waals surface area (Å²) in [4.78, 5) is 0. The Balaban J connectivity index is 2.12. The average molecular weight is 233 g/mol. The molecule has 1 nitrogen and oxygen atoms in total. The van der Waals surface area contributed by atoms with E-state index in [0.717, 1.165) is 18.8 Å². The van der Waals surface area contributed by atoms with E-state index in [4.69, 9.17) is 6.42 Å². The molecule has 4 atom stereocenters. The van der Waals surface area contributed by atoms with Gasteiger partial charge in [0.25, 0.3) is 0 Å². The molecule has 0 aromatic heterocycles. The molecule has 0 amide bonds. The van der Waals surface area contributed by atoms with Crippen LogP contribution in [0.3, 0.4) is 0 Å². The van der Waals surface area contributed by atoms with Crippen LogP contribution in [0.4, 0.5) is 0 Å². The first-order valence-corrected chi connectivity index (χ1v) is 7.13. The summed E-state index contributed by atoms with van der Waals surface area (Å²) >= 11 is 0. The van der Waals surface area contributed by atoms with Crippen molar-refractivity contribution in [3.05, 3.63) is 0 Å². The van der Waals surface area contributed by atoms with E-state index in [2.05, 4.69) is 38.9 Å². The van der Waals surface area contributed by atoms with Gasteiger partial charge in [0.15, 0.2) is 0 Å². The minimum Gasteiger partial charge on any atom is -0.309 e. The van der Waals surface area contributed by atoms with Gasteiger partial charge < -0.3 is 5.32 Å². The highest BCUT2D eigenvalue weighted by Gasteiger charge is 2.59. The van der Waals surface area contributed by atoms with Gasteiger partial charge in [-0.05, 0) is 42.4 Å². The molecule has 0 aliphatic heterocycles. The number of hydrogen-bond donors (Lipinski definition) is 1. The van der Waals surface area contributed by atoms with Gasteiger partial charge in [-0.25, -0.2) is 0 Å². The maximum atomic E-state index is 5.47.